The molecule has 1 amide bonds. The van der Waals surface area contributed by atoms with Gasteiger partial charge < -0.3 is 14.8 Å². The van der Waals surface area contributed by atoms with E-state index in [9.17, 15) is 9.59 Å². The van der Waals surface area contributed by atoms with E-state index in [1.807, 2.05) is 24.3 Å². The molecule has 1 fully saturated rings. The number of amides is 1. The van der Waals surface area contributed by atoms with Gasteiger partial charge in [-0.1, -0.05) is 12.1 Å². The Hall–Kier alpha value is -2.04. The molecule has 5 nitrogen and oxygen atoms in total. The molecule has 1 heterocycles. The van der Waals surface area contributed by atoms with Crippen molar-refractivity contribution < 1.29 is 19.1 Å². The Balaban J connectivity index is 2.01. The van der Waals surface area contributed by atoms with E-state index in [1.54, 1.807) is 14.0 Å². The summed E-state index contributed by atoms with van der Waals surface area (Å²) in [7, 11) is 1.62. The van der Waals surface area contributed by atoms with Crippen molar-refractivity contribution in [2.45, 2.75) is 38.1 Å². The van der Waals surface area contributed by atoms with E-state index in [0.717, 1.165) is 11.3 Å². The summed E-state index contributed by atoms with van der Waals surface area (Å²) in [5, 5.41) is 2.95. The zero-order chi connectivity index (χ0) is 15.2. The van der Waals surface area contributed by atoms with Gasteiger partial charge in [0.15, 0.2) is 0 Å². The summed E-state index contributed by atoms with van der Waals surface area (Å²) in [5.41, 5.74) is 1.09. The summed E-state index contributed by atoms with van der Waals surface area (Å²) >= 11 is 0. The second kappa shape index (κ2) is 7.11. The number of carbonyl (C=O) groups is 2. The van der Waals surface area contributed by atoms with Gasteiger partial charge in [0, 0.05) is 24.8 Å². The summed E-state index contributed by atoms with van der Waals surface area (Å²) in [6.45, 7) is 2.17. The van der Waals surface area contributed by atoms with Crippen LogP contribution in [0.25, 0.3) is 0 Å². The molecule has 0 radical (unpaired) electrons. The van der Waals surface area contributed by atoms with Crippen molar-refractivity contribution in [3.05, 3.63) is 29.8 Å². The van der Waals surface area contributed by atoms with Gasteiger partial charge in [-0.25, -0.2) is 0 Å². The molecule has 0 saturated carbocycles. The summed E-state index contributed by atoms with van der Waals surface area (Å²) < 4.78 is 10.1. The summed E-state index contributed by atoms with van der Waals surface area (Å²) in [5.74, 6) is 0.703. The van der Waals surface area contributed by atoms with Crippen LogP contribution in [0.1, 0.15) is 37.7 Å². The lowest BCUT2D eigenvalue weighted by Gasteiger charge is -2.19. The second-order valence-electron chi connectivity index (χ2n) is 5.10. The van der Waals surface area contributed by atoms with Gasteiger partial charge >= 0.3 is 5.97 Å². The van der Waals surface area contributed by atoms with Crippen molar-refractivity contribution in [3.8, 4) is 5.75 Å². The first-order chi connectivity index (χ1) is 10.1. The van der Waals surface area contributed by atoms with Crippen LogP contribution in [0.4, 0.5) is 0 Å². The molecule has 1 aromatic rings. The molecule has 2 unspecified atom stereocenters. The molecule has 0 bridgehead atoms. The first-order valence-corrected chi connectivity index (χ1v) is 7.23. The van der Waals surface area contributed by atoms with E-state index in [4.69, 9.17) is 9.47 Å². The number of nitrogens with one attached hydrogen (secondary N) is 1. The van der Waals surface area contributed by atoms with Gasteiger partial charge in [0.1, 0.15) is 5.75 Å². The zero-order valence-corrected chi connectivity index (χ0v) is 12.4. The molecule has 0 aromatic heterocycles. The SMILES string of the molecule is CCOC(=O)CCC1NC(=O)CC1c1ccc(OC)cc1. The van der Waals surface area contributed by atoms with Crippen molar-refractivity contribution in [3.63, 3.8) is 0 Å². The monoisotopic (exact) mass is 291 g/mol. The number of ether oxygens (including phenoxy) is 2. The third-order valence-corrected chi connectivity index (χ3v) is 3.75. The van der Waals surface area contributed by atoms with E-state index < -0.39 is 0 Å². The van der Waals surface area contributed by atoms with Gasteiger partial charge in [0.05, 0.1) is 13.7 Å². The Kier molecular flexibility index (Phi) is 5.20. The third kappa shape index (κ3) is 3.97. The van der Waals surface area contributed by atoms with E-state index in [-0.39, 0.29) is 23.8 Å². The highest BCUT2D eigenvalue weighted by atomic mass is 16.5. The molecule has 2 rings (SSSR count). The molecule has 1 saturated heterocycles. The predicted molar refractivity (Wildman–Crippen MR) is 78.1 cm³/mol. The molecule has 2 atom stereocenters. The maximum absolute atomic E-state index is 11.7. The van der Waals surface area contributed by atoms with Gasteiger partial charge in [0.25, 0.3) is 0 Å². The molecule has 1 aliphatic heterocycles. The molecule has 1 aliphatic rings. The highest BCUT2D eigenvalue weighted by Gasteiger charge is 2.33. The van der Waals surface area contributed by atoms with E-state index in [1.165, 1.54) is 0 Å². The third-order valence-electron chi connectivity index (χ3n) is 3.75. The number of hydrogen-bond donors (Lipinski definition) is 1. The fourth-order valence-electron chi connectivity index (χ4n) is 2.69. The largest absolute Gasteiger partial charge is 0.497 e. The summed E-state index contributed by atoms with van der Waals surface area (Å²) in [6, 6.07) is 7.71. The lowest BCUT2D eigenvalue weighted by molar-refractivity contribution is -0.143. The number of hydrogen-bond acceptors (Lipinski definition) is 4. The molecular formula is C16H21NO4. The molecule has 5 heteroatoms. The van der Waals surface area contributed by atoms with Crippen LogP contribution in [-0.2, 0) is 14.3 Å². The van der Waals surface area contributed by atoms with Crippen LogP contribution in [0.5, 0.6) is 5.75 Å². The Bertz CT molecular complexity index is 498. The predicted octanol–water partition coefficient (Wildman–Crippen LogP) is 2.01. The summed E-state index contributed by atoms with van der Waals surface area (Å²) in [6.07, 6.45) is 1.38. The van der Waals surface area contributed by atoms with Crippen molar-refractivity contribution in [1.29, 1.82) is 0 Å². The minimum atomic E-state index is -0.216. The van der Waals surface area contributed by atoms with Crippen molar-refractivity contribution in [1.82, 2.24) is 5.32 Å². The Labute approximate surface area is 124 Å². The van der Waals surface area contributed by atoms with E-state index >= 15 is 0 Å². The van der Waals surface area contributed by atoms with Crippen LogP contribution in [0.15, 0.2) is 24.3 Å². The minimum Gasteiger partial charge on any atom is -0.497 e. The fourth-order valence-corrected chi connectivity index (χ4v) is 2.69. The number of benzene rings is 1. The van der Waals surface area contributed by atoms with Crippen LogP contribution in [-0.4, -0.2) is 31.6 Å². The topological polar surface area (TPSA) is 64.6 Å². The zero-order valence-electron chi connectivity index (χ0n) is 12.4. The molecular weight excluding hydrogens is 270 g/mol. The van der Waals surface area contributed by atoms with Crippen molar-refractivity contribution in [2.24, 2.45) is 0 Å². The lowest BCUT2D eigenvalue weighted by atomic mass is 9.89. The molecule has 0 aliphatic carbocycles. The number of carbonyl (C=O) groups excluding carboxylic acids is 2. The minimum absolute atomic E-state index is 0.0182. The number of esters is 1. The van der Waals surface area contributed by atoms with Crippen molar-refractivity contribution in [2.75, 3.05) is 13.7 Å². The van der Waals surface area contributed by atoms with Crippen LogP contribution in [0.2, 0.25) is 0 Å². The standard InChI is InChI=1S/C16H21NO4/c1-3-21-16(19)9-8-14-13(10-15(18)17-14)11-4-6-12(20-2)7-5-11/h4-7,13-14H,3,8-10H2,1-2H3,(H,17,18). The molecule has 21 heavy (non-hydrogen) atoms. The van der Waals surface area contributed by atoms with Gasteiger partial charge in [-0.15, -0.1) is 0 Å². The highest BCUT2D eigenvalue weighted by molar-refractivity contribution is 5.80. The maximum atomic E-state index is 11.7. The normalized spacial score (nSPS) is 21.0. The van der Waals surface area contributed by atoms with Crippen LogP contribution < -0.4 is 10.1 Å². The maximum Gasteiger partial charge on any atom is 0.305 e. The van der Waals surface area contributed by atoms with Gasteiger partial charge in [-0.3, -0.25) is 9.59 Å². The first kappa shape index (κ1) is 15.4. The second-order valence-corrected chi connectivity index (χ2v) is 5.10. The first-order valence-electron chi connectivity index (χ1n) is 7.23. The van der Waals surface area contributed by atoms with Gasteiger partial charge in [-0.05, 0) is 31.0 Å². The van der Waals surface area contributed by atoms with Crippen molar-refractivity contribution >= 4 is 11.9 Å². The quantitative estimate of drug-likeness (QED) is 0.814. The van der Waals surface area contributed by atoms with Gasteiger partial charge in [-0.2, -0.15) is 0 Å². The summed E-state index contributed by atoms with van der Waals surface area (Å²) in [4.78, 5) is 23.1. The molecule has 1 aromatic carbocycles. The Morgan fingerprint density at radius 2 is 2.05 bits per heavy atom. The van der Waals surface area contributed by atoms with E-state index in [2.05, 4.69) is 5.32 Å². The average molecular weight is 291 g/mol. The van der Waals surface area contributed by atoms with Crippen LogP contribution in [0, 0.1) is 0 Å². The molecule has 114 valence electrons. The van der Waals surface area contributed by atoms with Crippen LogP contribution in [0.3, 0.4) is 0 Å². The van der Waals surface area contributed by atoms with Crippen LogP contribution >= 0.6 is 0 Å². The lowest BCUT2D eigenvalue weighted by Crippen LogP contribution is -2.29. The number of methoxy groups -OCH3 is 1. The van der Waals surface area contributed by atoms with E-state index in [0.29, 0.717) is 25.9 Å². The molecule has 0 spiro atoms. The Morgan fingerprint density at radius 3 is 2.67 bits per heavy atom. The Morgan fingerprint density at radius 1 is 1.33 bits per heavy atom. The number of rotatable bonds is 6. The smallest absolute Gasteiger partial charge is 0.305 e. The molecule has 1 N–H and O–H groups in total. The average Bonchev–Trinajstić information content (AvgIpc) is 2.86. The van der Waals surface area contributed by atoms with Gasteiger partial charge in [0.2, 0.25) is 5.91 Å². The highest BCUT2D eigenvalue weighted by Crippen LogP contribution is 2.31. The fraction of sp³-hybridized carbons (Fsp3) is 0.500.